The third-order valence-corrected chi connectivity index (χ3v) is 7.22. The Balaban J connectivity index is 1.50. The third kappa shape index (κ3) is 5.80. The molecule has 2 amide bonds. The summed E-state index contributed by atoms with van der Waals surface area (Å²) in [5.41, 5.74) is 0.522. The first-order valence-corrected chi connectivity index (χ1v) is 13.4. The lowest BCUT2D eigenvalue weighted by atomic mass is 9.95. The number of nitrogens with one attached hydrogen (secondary N) is 4. The number of amides is 2. The lowest BCUT2D eigenvalue weighted by molar-refractivity contribution is 0.233. The number of nitrogens with zero attached hydrogens (tertiary/aromatic N) is 1. The van der Waals surface area contributed by atoms with E-state index in [9.17, 15) is 22.8 Å². The Morgan fingerprint density at radius 2 is 1.73 bits per heavy atom. The highest BCUT2D eigenvalue weighted by molar-refractivity contribution is 6.03. The standard InChI is InChI=1S/C30H30F3N5O2/c1-17-14-18(31)10-11-20(17)21-15-25(34-12-13-35-30(40)37-19-6-3-2-4-7-19)38-28-22(21)16-36-29(39)27(28)26-23(32)8-5-9-24(26)33/h5,8-11,14-16,19H,2-4,6-7,12-13H2,1H3,(H,34,38)(H,36,39)(H2,35,37,40). The van der Waals surface area contributed by atoms with Gasteiger partial charge in [-0.3, -0.25) is 4.79 Å². The summed E-state index contributed by atoms with van der Waals surface area (Å²) in [6.07, 6.45) is 6.80. The van der Waals surface area contributed by atoms with Crippen molar-refractivity contribution < 1.29 is 18.0 Å². The van der Waals surface area contributed by atoms with Crippen LogP contribution in [0.2, 0.25) is 0 Å². The van der Waals surface area contributed by atoms with Gasteiger partial charge < -0.3 is 20.9 Å². The molecule has 0 aliphatic heterocycles. The van der Waals surface area contributed by atoms with Gasteiger partial charge in [0.2, 0.25) is 0 Å². The normalized spacial score (nSPS) is 13.8. The number of urea groups is 1. The number of rotatable bonds is 7. The van der Waals surface area contributed by atoms with Crippen LogP contribution in [0.5, 0.6) is 0 Å². The van der Waals surface area contributed by atoms with Gasteiger partial charge in [-0.15, -0.1) is 0 Å². The van der Waals surface area contributed by atoms with Crippen LogP contribution in [-0.4, -0.2) is 35.1 Å². The summed E-state index contributed by atoms with van der Waals surface area (Å²) in [6, 6.07) is 9.35. The van der Waals surface area contributed by atoms with Crippen LogP contribution in [0.15, 0.2) is 53.5 Å². The summed E-state index contributed by atoms with van der Waals surface area (Å²) in [6.45, 7) is 2.33. The second-order valence-corrected chi connectivity index (χ2v) is 10.0. The first-order chi connectivity index (χ1) is 19.3. The van der Waals surface area contributed by atoms with Gasteiger partial charge in [-0.05, 0) is 66.8 Å². The fraction of sp³-hybridized carbons (Fsp3) is 0.300. The molecule has 10 heteroatoms. The van der Waals surface area contributed by atoms with E-state index in [1.165, 1.54) is 30.8 Å². The van der Waals surface area contributed by atoms with Gasteiger partial charge in [0.1, 0.15) is 23.3 Å². The number of carbonyl (C=O) groups excluding carboxylic acids is 1. The molecule has 0 atom stereocenters. The highest BCUT2D eigenvalue weighted by atomic mass is 19.1. The molecule has 1 saturated carbocycles. The van der Waals surface area contributed by atoms with Gasteiger partial charge in [0.15, 0.2) is 0 Å². The minimum absolute atomic E-state index is 0.0828. The Morgan fingerprint density at radius 3 is 2.45 bits per heavy atom. The summed E-state index contributed by atoms with van der Waals surface area (Å²) in [4.78, 5) is 32.4. The van der Waals surface area contributed by atoms with Crippen molar-refractivity contribution in [2.24, 2.45) is 0 Å². The van der Waals surface area contributed by atoms with Gasteiger partial charge in [0.05, 0.1) is 16.6 Å². The zero-order chi connectivity index (χ0) is 28.2. The number of H-pyrrole nitrogens is 1. The second kappa shape index (κ2) is 11.8. The van der Waals surface area contributed by atoms with Gasteiger partial charge >= 0.3 is 6.03 Å². The lowest BCUT2D eigenvalue weighted by Crippen LogP contribution is -2.44. The van der Waals surface area contributed by atoms with Crippen LogP contribution in [0.4, 0.5) is 23.8 Å². The number of benzene rings is 2. The second-order valence-electron chi connectivity index (χ2n) is 10.0. The summed E-state index contributed by atoms with van der Waals surface area (Å²) in [5, 5.41) is 9.39. The molecule has 2 aromatic heterocycles. The van der Waals surface area contributed by atoms with E-state index >= 15 is 0 Å². The summed E-state index contributed by atoms with van der Waals surface area (Å²) in [7, 11) is 0. The molecule has 1 aliphatic rings. The molecule has 208 valence electrons. The number of aromatic nitrogens is 2. The van der Waals surface area contributed by atoms with Crippen LogP contribution in [0.1, 0.15) is 37.7 Å². The number of fused-ring (bicyclic) bond motifs is 1. The van der Waals surface area contributed by atoms with E-state index in [1.54, 1.807) is 19.1 Å². The van der Waals surface area contributed by atoms with E-state index < -0.39 is 28.6 Å². The molecule has 0 spiro atoms. The Kier molecular flexibility index (Phi) is 8.04. The number of carbonyl (C=O) groups is 1. The molecule has 40 heavy (non-hydrogen) atoms. The SMILES string of the molecule is Cc1cc(F)ccc1-c1cc(NCCNC(=O)NC2CCCCC2)nc2c(-c3c(F)cccc3F)c(=O)[nH]cc12. The topological polar surface area (TPSA) is 98.9 Å². The molecule has 1 aliphatic carbocycles. The van der Waals surface area contributed by atoms with Crippen LogP contribution in [-0.2, 0) is 0 Å². The maximum atomic E-state index is 14.8. The number of anilines is 1. The smallest absolute Gasteiger partial charge is 0.315 e. The number of hydrogen-bond acceptors (Lipinski definition) is 4. The summed E-state index contributed by atoms with van der Waals surface area (Å²) >= 11 is 0. The highest BCUT2D eigenvalue weighted by Crippen LogP contribution is 2.36. The van der Waals surface area contributed by atoms with Crippen molar-refractivity contribution in [3.8, 4) is 22.3 Å². The average Bonchev–Trinajstić information content (AvgIpc) is 2.92. The van der Waals surface area contributed by atoms with Gasteiger partial charge in [-0.2, -0.15) is 0 Å². The van der Waals surface area contributed by atoms with Gasteiger partial charge in [0, 0.05) is 30.7 Å². The van der Waals surface area contributed by atoms with E-state index in [0.29, 0.717) is 34.4 Å². The minimum Gasteiger partial charge on any atom is -0.368 e. The fourth-order valence-corrected chi connectivity index (χ4v) is 5.27. The molecule has 2 aromatic carbocycles. The Bertz CT molecular complexity index is 1600. The van der Waals surface area contributed by atoms with Crippen molar-refractivity contribution >= 4 is 22.8 Å². The minimum atomic E-state index is -0.897. The number of aromatic amines is 1. The molecule has 4 N–H and O–H groups in total. The highest BCUT2D eigenvalue weighted by Gasteiger charge is 2.22. The predicted molar refractivity (Wildman–Crippen MR) is 150 cm³/mol. The Labute approximate surface area is 229 Å². The van der Waals surface area contributed by atoms with Gasteiger partial charge in [0.25, 0.3) is 5.56 Å². The molecule has 0 unspecified atom stereocenters. The van der Waals surface area contributed by atoms with E-state index in [0.717, 1.165) is 37.8 Å². The molecular formula is C30H30F3N5O2. The molecular weight excluding hydrogens is 519 g/mol. The summed E-state index contributed by atoms with van der Waals surface area (Å²) < 4.78 is 43.6. The van der Waals surface area contributed by atoms with Crippen LogP contribution in [0.25, 0.3) is 33.2 Å². The number of aryl methyl sites for hydroxylation is 1. The zero-order valence-electron chi connectivity index (χ0n) is 22.0. The van der Waals surface area contributed by atoms with Crippen molar-refractivity contribution in [3.05, 3.63) is 82.0 Å². The first-order valence-electron chi connectivity index (χ1n) is 13.4. The molecule has 7 nitrogen and oxygen atoms in total. The molecule has 4 aromatic rings. The van der Waals surface area contributed by atoms with E-state index in [2.05, 4.69) is 25.9 Å². The van der Waals surface area contributed by atoms with Gasteiger partial charge in [-0.25, -0.2) is 22.9 Å². The van der Waals surface area contributed by atoms with Crippen LogP contribution >= 0.6 is 0 Å². The van der Waals surface area contributed by atoms with Crippen molar-refractivity contribution in [3.63, 3.8) is 0 Å². The van der Waals surface area contributed by atoms with Crippen molar-refractivity contribution in [1.29, 1.82) is 0 Å². The molecule has 2 heterocycles. The van der Waals surface area contributed by atoms with Crippen molar-refractivity contribution in [1.82, 2.24) is 20.6 Å². The fourth-order valence-electron chi connectivity index (χ4n) is 5.27. The van der Waals surface area contributed by atoms with Crippen LogP contribution < -0.4 is 21.5 Å². The average molecular weight is 550 g/mol. The first kappa shape index (κ1) is 27.2. The van der Waals surface area contributed by atoms with Crippen LogP contribution in [0.3, 0.4) is 0 Å². The van der Waals surface area contributed by atoms with Crippen molar-refractivity contribution in [2.45, 2.75) is 45.1 Å². The number of hydrogen-bond donors (Lipinski definition) is 4. The van der Waals surface area contributed by atoms with Gasteiger partial charge in [-0.1, -0.05) is 31.4 Å². The van der Waals surface area contributed by atoms with Crippen LogP contribution in [0, 0.1) is 24.4 Å². The predicted octanol–water partition coefficient (Wildman–Crippen LogP) is 6.03. The Hall–Kier alpha value is -4.34. The molecule has 1 fully saturated rings. The van der Waals surface area contributed by atoms with E-state index in [4.69, 9.17) is 0 Å². The molecule has 0 saturated heterocycles. The lowest BCUT2D eigenvalue weighted by Gasteiger charge is -2.22. The molecule has 0 radical (unpaired) electrons. The molecule has 0 bridgehead atoms. The quantitative estimate of drug-likeness (QED) is 0.212. The van der Waals surface area contributed by atoms with E-state index in [1.807, 2.05) is 0 Å². The molecule has 5 rings (SSSR count). The number of pyridine rings is 2. The Morgan fingerprint density at radius 1 is 0.975 bits per heavy atom. The summed E-state index contributed by atoms with van der Waals surface area (Å²) in [5.74, 6) is -1.88. The van der Waals surface area contributed by atoms with Crippen molar-refractivity contribution in [2.75, 3.05) is 18.4 Å². The zero-order valence-corrected chi connectivity index (χ0v) is 22.0. The monoisotopic (exact) mass is 549 g/mol. The third-order valence-electron chi connectivity index (χ3n) is 7.22. The largest absolute Gasteiger partial charge is 0.368 e. The van der Waals surface area contributed by atoms with E-state index in [-0.39, 0.29) is 29.7 Å². The number of halogens is 3. The maximum absolute atomic E-state index is 14.8. The maximum Gasteiger partial charge on any atom is 0.315 e.